The summed E-state index contributed by atoms with van der Waals surface area (Å²) in [6, 6.07) is 10.1. The average Bonchev–Trinajstić information content (AvgIpc) is 2.53. The summed E-state index contributed by atoms with van der Waals surface area (Å²) in [6.45, 7) is 12.5. The fourth-order valence-electron chi connectivity index (χ4n) is 2.76. The highest BCUT2D eigenvalue weighted by Gasteiger charge is 2.17. The van der Waals surface area contributed by atoms with Crippen LogP contribution in [0.4, 0.5) is 0 Å². The summed E-state index contributed by atoms with van der Waals surface area (Å²) in [6.07, 6.45) is 1.66. The standard InChI is InChI=1S/C21H26O2/c1-14(2)11-12-19-17(5)21(16(4)15(3)20(19)22)23-13-18-9-7-6-8-10-18/h6-10,22H,1,11-13H2,2-5H3. The molecular formula is C21H26O2. The van der Waals surface area contributed by atoms with E-state index in [9.17, 15) is 5.11 Å². The molecule has 122 valence electrons. The van der Waals surface area contributed by atoms with E-state index < -0.39 is 0 Å². The molecule has 0 aliphatic heterocycles. The zero-order valence-electron chi connectivity index (χ0n) is 14.6. The lowest BCUT2D eigenvalue weighted by atomic mass is 9.93. The number of phenolic OH excluding ortho intramolecular Hbond substituents is 1. The lowest BCUT2D eigenvalue weighted by Gasteiger charge is -2.20. The minimum Gasteiger partial charge on any atom is -0.507 e. The number of hydrogen-bond donors (Lipinski definition) is 1. The zero-order chi connectivity index (χ0) is 17.0. The molecule has 0 amide bonds. The van der Waals surface area contributed by atoms with Gasteiger partial charge in [0.25, 0.3) is 0 Å². The van der Waals surface area contributed by atoms with Crippen molar-refractivity contribution < 1.29 is 9.84 Å². The van der Waals surface area contributed by atoms with Crippen molar-refractivity contribution in [3.63, 3.8) is 0 Å². The van der Waals surface area contributed by atoms with Crippen LogP contribution < -0.4 is 4.74 Å². The van der Waals surface area contributed by atoms with E-state index in [4.69, 9.17) is 4.74 Å². The van der Waals surface area contributed by atoms with Crippen LogP contribution in [0, 0.1) is 20.8 Å². The van der Waals surface area contributed by atoms with E-state index >= 15 is 0 Å². The zero-order valence-corrected chi connectivity index (χ0v) is 14.6. The number of phenols is 1. The molecule has 2 aromatic rings. The van der Waals surface area contributed by atoms with Gasteiger partial charge in [0.05, 0.1) is 0 Å². The van der Waals surface area contributed by atoms with Gasteiger partial charge in [-0.15, -0.1) is 6.58 Å². The van der Waals surface area contributed by atoms with Crippen LogP contribution in [0.25, 0.3) is 0 Å². The Bertz CT molecular complexity index is 700. The average molecular weight is 310 g/mol. The molecule has 0 atom stereocenters. The van der Waals surface area contributed by atoms with Gasteiger partial charge in [0.1, 0.15) is 18.1 Å². The van der Waals surface area contributed by atoms with Crippen molar-refractivity contribution in [1.82, 2.24) is 0 Å². The smallest absolute Gasteiger partial charge is 0.126 e. The minimum absolute atomic E-state index is 0.397. The first kappa shape index (κ1) is 17.1. The van der Waals surface area contributed by atoms with E-state index in [1.807, 2.05) is 45.9 Å². The molecule has 2 aromatic carbocycles. The van der Waals surface area contributed by atoms with E-state index in [-0.39, 0.29) is 0 Å². The number of rotatable bonds is 6. The van der Waals surface area contributed by atoms with Gasteiger partial charge in [0.15, 0.2) is 0 Å². The van der Waals surface area contributed by atoms with Crippen molar-refractivity contribution in [3.8, 4) is 11.5 Å². The molecule has 23 heavy (non-hydrogen) atoms. The molecule has 1 N–H and O–H groups in total. The number of benzene rings is 2. The van der Waals surface area contributed by atoms with Crippen molar-refractivity contribution in [2.45, 2.75) is 47.1 Å². The molecule has 0 saturated carbocycles. The van der Waals surface area contributed by atoms with Crippen molar-refractivity contribution in [1.29, 1.82) is 0 Å². The van der Waals surface area contributed by atoms with Gasteiger partial charge in [-0.2, -0.15) is 0 Å². The molecule has 0 bridgehead atoms. The van der Waals surface area contributed by atoms with Crippen LogP contribution in [0.2, 0.25) is 0 Å². The minimum atomic E-state index is 0.397. The van der Waals surface area contributed by atoms with Gasteiger partial charge in [-0.3, -0.25) is 0 Å². The molecule has 2 nitrogen and oxygen atoms in total. The van der Waals surface area contributed by atoms with Gasteiger partial charge in [-0.1, -0.05) is 35.9 Å². The molecule has 0 heterocycles. The third kappa shape index (κ3) is 3.95. The van der Waals surface area contributed by atoms with E-state index in [1.54, 1.807) is 0 Å². The predicted octanol–water partition coefficient (Wildman–Crippen LogP) is 5.41. The number of ether oxygens (including phenoxy) is 1. The quantitative estimate of drug-likeness (QED) is 0.723. The van der Waals surface area contributed by atoms with Crippen molar-refractivity contribution in [2.75, 3.05) is 0 Å². The maximum absolute atomic E-state index is 10.5. The topological polar surface area (TPSA) is 29.5 Å². The Balaban J connectivity index is 2.32. The highest BCUT2D eigenvalue weighted by molar-refractivity contribution is 5.57. The first-order valence-electron chi connectivity index (χ1n) is 8.04. The van der Waals surface area contributed by atoms with Crippen LogP contribution in [0.3, 0.4) is 0 Å². The lowest BCUT2D eigenvalue weighted by molar-refractivity contribution is 0.300. The van der Waals surface area contributed by atoms with E-state index in [1.165, 1.54) is 0 Å². The molecule has 2 heteroatoms. The number of aromatic hydroxyl groups is 1. The van der Waals surface area contributed by atoms with Crippen molar-refractivity contribution in [3.05, 3.63) is 70.3 Å². The monoisotopic (exact) mass is 310 g/mol. The van der Waals surface area contributed by atoms with Crippen LogP contribution in [0.5, 0.6) is 11.5 Å². The molecule has 0 aliphatic rings. The lowest BCUT2D eigenvalue weighted by Crippen LogP contribution is -2.04. The van der Waals surface area contributed by atoms with Crippen LogP contribution in [-0.4, -0.2) is 5.11 Å². The number of allylic oxidation sites excluding steroid dienone is 1. The molecule has 0 saturated heterocycles. The number of hydrogen-bond acceptors (Lipinski definition) is 2. The van der Waals surface area contributed by atoms with Crippen LogP contribution in [0.15, 0.2) is 42.5 Å². The Hall–Kier alpha value is -2.22. The summed E-state index contributed by atoms with van der Waals surface area (Å²) in [7, 11) is 0. The summed E-state index contributed by atoms with van der Waals surface area (Å²) in [5, 5.41) is 10.5. The Labute approximate surface area is 139 Å². The van der Waals surface area contributed by atoms with Gasteiger partial charge >= 0.3 is 0 Å². The highest BCUT2D eigenvalue weighted by Crippen LogP contribution is 2.38. The van der Waals surface area contributed by atoms with Crippen LogP contribution in [-0.2, 0) is 13.0 Å². The molecule has 0 aliphatic carbocycles. The van der Waals surface area contributed by atoms with Gasteiger partial charge < -0.3 is 9.84 Å². The first-order valence-corrected chi connectivity index (χ1v) is 8.04. The normalized spacial score (nSPS) is 10.6. The fraction of sp³-hybridized carbons (Fsp3) is 0.333. The third-order valence-corrected chi connectivity index (χ3v) is 4.37. The van der Waals surface area contributed by atoms with E-state index in [0.717, 1.165) is 52.0 Å². The Morgan fingerprint density at radius 2 is 1.70 bits per heavy atom. The first-order chi connectivity index (χ1) is 10.9. The van der Waals surface area contributed by atoms with Crippen molar-refractivity contribution in [2.24, 2.45) is 0 Å². The van der Waals surface area contributed by atoms with Gasteiger partial charge in [0, 0.05) is 5.56 Å². The van der Waals surface area contributed by atoms with Gasteiger partial charge in [0.2, 0.25) is 0 Å². The Kier molecular flexibility index (Phi) is 5.49. The van der Waals surface area contributed by atoms with E-state index in [0.29, 0.717) is 12.4 Å². The predicted molar refractivity (Wildman–Crippen MR) is 96.2 cm³/mol. The molecule has 0 fully saturated rings. The highest BCUT2D eigenvalue weighted by atomic mass is 16.5. The Morgan fingerprint density at radius 3 is 2.30 bits per heavy atom. The van der Waals surface area contributed by atoms with E-state index in [2.05, 4.69) is 18.7 Å². The van der Waals surface area contributed by atoms with Crippen LogP contribution >= 0.6 is 0 Å². The second-order valence-electron chi connectivity index (χ2n) is 6.26. The summed E-state index contributed by atoms with van der Waals surface area (Å²) in [5.41, 5.74) is 6.17. The second kappa shape index (κ2) is 7.36. The Morgan fingerprint density at radius 1 is 1.04 bits per heavy atom. The largest absolute Gasteiger partial charge is 0.507 e. The molecule has 2 rings (SSSR count). The summed E-state index contributed by atoms with van der Waals surface area (Å²) in [4.78, 5) is 0. The summed E-state index contributed by atoms with van der Waals surface area (Å²) >= 11 is 0. The SMILES string of the molecule is C=C(C)CCc1c(C)c(OCc2ccccc2)c(C)c(C)c1O. The second-order valence-corrected chi connectivity index (χ2v) is 6.26. The molecule has 0 unspecified atom stereocenters. The van der Waals surface area contributed by atoms with Crippen LogP contribution in [0.1, 0.15) is 41.2 Å². The molecule has 0 spiro atoms. The molecular weight excluding hydrogens is 284 g/mol. The summed E-state index contributed by atoms with van der Waals surface area (Å²) in [5.74, 6) is 1.29. The summed E-state index contributed by atoms with van der Waals surface area (Å²) < 4.78 is 6.10. The van der Waals surface area contributed by atoms with Gasteiger partial charge in [-0.25, -0.2) is 0 Å². The van der Waals surface area contributed by atoms with Crippen molar-refractivity contribution >= 4 is 0 Å². The fourth-order valence-corrected chi connectivity index (χ4v) is 2.76. The third-order valence-electron chi connectivity index (χ3n) is 4.37. The molecule has 0 radical (unpaired) electrons. The molecule has 0 aromatic heterocycles. The maximum Gasteiger partial charge on any atom is 0.126 e. The maximum atomic E-state index is 10.5. The van der Waals surface area contributed by atoms with Gasteiger partial charge in [-0.05, 0) is 62.8 Å².